The Morgan fingerprint density at radius 2 is 1.09 bits per heavy atom. The van der Waals surface area contributed by atoms with Crippen molar-refractivity contribution in [2.45, 2.75) is 5.41 Å². The third-order valence-electron chi connectivity index (χ3n) is 14.5. The SMILES string of the molecule is Fc1ccc2c(c1)C(c1ccccc1)(c1ccnc(-n3c4[c-]c(Oc5[c-]c(N6[CH-]N(c7c(-c8ccccc8)cccc7-c7ccccc7)c7ccccc76)ccc5)ccc4c4ccccc43)c1)c1ccccc1-2.[Pt]. The van der Waals surface area contributed by atoms with Gasteiger partial charge in [0.2, 0.25) is 0 Å². The van der Waals surface area contributed by atoms with Gasteiger partial charge in [0.05, 0.1) is 5.41 Å². The molecule has 3 heterocycles. The molecule has 1 aliphatic heterocycles. The molecule has 14 rings (SSSR count). The number of benzene rings is 10. The van der Waals surface area contributed by atoms with Gasteiger partial charge in [-0.05, 0) is 92.4 Å². The molecule has 1 atom stereocenters. The molecule has 0 amide bonds. The number of nitrogens with zero attached hydrogens (tertiary/aromatic N) is 4. The first kappa shape index (κ1) is 45.1. The van der Waals surface area contributed by atoms with Gasteiger partial charge in [0.25, 0.3) is 0 Å². The number of para-hydroxylation sites is 4. The molecule has 0 radical (unpaired) electrons. The van der Waals surface area contributed by atoms with Crippen molar-refractivity contribution in [3.8, 4) is 50.7 Å². The van der Waals surface area contributed by atoms with E-state index in [2.05, 4.69) is 233 Å². The van der Waals surface area contributed by atoms with Crippen LogP contribution in [0.5, 0.6) is 11.5 Å². The van der Waals surface area contributed by atoms with Crippen molar-refractivity contribution in [2.24, 2.45) is 0 Å². The van der Waals surface area contributed by atoms with Crippen LogP contribution in [0.25, 0.3) is 61.0 Å². The van der Waals surface area contributed by atoms with Gasteiger partial charge < -0.3 is 19.1 Å². The first-order valence-electron chi connectivity index (χ1n) is 24.5. The van der Waals surface area contributed by atoms with Crippen LogP contribution in [0.2, 0.25) is 0 Å². The Bertz CT molecular complexity index is 4030. The molecule has 74 heavy (non-hydrogen) atoms. The molecular formula is C67H42FN4OPt-3. The van der Waals surface area contributed by atoms with Crippen molar-refractivity contribution in [3.63, 3.8) is 0 Å². The number of hydrogen-bond acceptors (Lipinski definition) is 4. The van der Waals surface area contributed by atoms with E-state index in [1.165, 1.54) is 0 Å². The molecule has 1 unspecified atom stereocenters. The van der Waals surface area contributed by atoms with Gasteiger partial charge in [-0.25, -0.2) is 9.37 Å². The normalized spacial score (nSPS) is 14.4. The van der Waals surface area contributed by atoms with E-state index in [1.807, 2.05) is 36.5 Å². The largest absolute Gasteiger partial charge is 0.509 e. The maximum atomic E-state index is 15.5. The van der Waals surface area contributed by atoms with E-state index in [9.17, 15) is 0 Å². The minimum atomic E-state index is -0.815. The van der Waals surface area contributed by atoms with Gasteiger partial charge in [-0.15, -0.1) is 48.1 Å². The maximum Gasteiger partial charge on any atom is 0.135 e. The van der Waals surface area contributed by atoms with Gasteiger partial charge in [0.1, 0.15) is 11.6 Å². The maximum absolute atomic E-state index is 15.5. The van der Waals surface area contributed by atoms with E-state index in [-0.39, 0.29) is 26.9 Å². The third-order valence-corrected chi connectivity index (χ3v) is 14.5. The van der Waals surface area contributed by atoms with Crippen LogP contribution in [-0.2, 0) is 26.5 Å². The smallest absolute Gasteiger partial charge is 0.135 e. The Labute approximate surface area is 443 Å². The summed E-state index contributed by atoms with van der Waals surface area (Å²) in [5.41, 5.74) is 15.6. The molecule has 0 saturated carbocycles. The van der Waals surface area contributed by atoms with Crippen LogP contribution in [0.1, 0.15) is 22.3 Å². The molecule has 5 nitrogen and oxygen atoms in total. The van der Waals surface area contributed by atoms with E-state index in [0.29, 0.717) is 17.3 Å². The standard InChI is InChI=1S/C67H42FN4O.Pt/c68-49-34-36-56-55-26-10-12-30-59(55)67(60(56)41-49,47-22-8-3-9-23-47)48-38-39-69-65(40-48)72-61-31-13-11-27-57(61)58-37-35-52(43-64(58)72)73-51-25-16-24-50(42-51)70-44-71(63-33-15-14-32-62(63)70)66-53(45-18-4-1-5-19-45)28-17-29-54(66)46-20-6-2-7-21-46;/h1-41,44H;/q-3;. The van der Waals surface area contributed by atoms with Gasteiger partial charge >= 0.3 is 0 Å². The number of anilines is 4. The van der Waals surface area contributed by atoms with Crippen LogP contribution in [0, 0.1) is 24.6 Å². The molecule has 12 aromatic rings. The van der Waals surface area contributed by atoms with Gasteiger partial charge in [0, 0.05) is 72.5 Å². The van der Waals surface area contributed by atoms with Crippen LogP contribution < -0.4 is 14.5 Å². The summed E-state index contributed by atoms with van der Waals surface area (Å²) in [6, 6.07) is 90.2. The molecule has 0 saturated heterocycles. The van der Waals surface area contributed by atoms with Crippen LogP contribution >= 0.6 is 0 Å². The number of aromatic nitrogens is 2. The Hall–Kier alpha value is -8.83. The quantitative estimate of drug-likeness (QED) is 0.135. The number of hydrogen-bond donors (Lipinski definition) is 0. The molecular weight excluding hydrogens is 1090 g/mol. The summed E-state index contributed by atoms with van der Waals surface area (Å²) in [7, 11) is 0. The van der Waals surface area contributed by atoms with Crippen LogP contribution in [-0.4, -0.2) is 9.55 Å². The number of halogens is 1. The van der Waals surface area contributed by atoms with Gasteiger partial charge in [-0.2, -0.15) is 12.1 Å². The Kier molecular flexibility index (Phi) is 11.2. The first-order valence-corrected chi connectivity index (χ1v) is 24.5. The molecule has 2 aliphatic rings. The van der Waals surface area contributed by atoms with Crippen LogP contribution in [0.3, 0.4) is 0 Å². The summed E-state index contributed by atoms with van der Waals surface area (Å²) in [4.78, 5) is 9.56. The minimum absolute atomic E-state index is 0. The van der Waals surface area contributed by atoms with Crippen molar-refractivity contribution >= 4 is 44.6 Å². The van der Waals surface area contributed by atoms with Crippen molar-refractivity contribution < 1.29 is 30.2 Å². The fourth-order valence-corrected chi connectivity index (χ4v) is 11.4. The topological polar surface area (TPSA) is 33.5 Å². The molecule has 7 heteroatoms. The molecule has 0 N–H and O–H groups in total. The molecule has 0 fully saturated rings. The number of ether oxygens (including phenoxy) is 1. The molecule has 10 aromatic carbocycles. The zero-order valence-corrected chi connectivity index (χ0v) is 41.9. The van der Waals surface area contributed by atoms with Gasteiger partial charge in [-0.3, -0.25) is 0 Å². The van der Waals surface area contributed by atoms with Gasteiger partial charge in [0.15, 0.2) is 0 Å². The van der Waals surface area contributed by atoms with Crippen LogP contribution in [0.4, 0.5) is 27.1 Å². The molecule has 1 aliphatic carbocycles. The minimum Gasteiger partial charge on any atom is -0.509 e. The van der Waals surface area contributed by atoms with E-state index in [4.69, 9.17) is 9.72 Å². The second-order valence-electron chi connectivity index (χ2n) is 18.5. The average Bonchev–Trinajstić information content (AvgIpc) is 4.10. The van der Waals surface area contributed by atoms with Crippen LogP contribution in [0.15, 0.2) is 249 Å². The van der Waals surface area contributed by atoms with Crippen molar-refractivity contribution in [1.82, 2.24) is 9.55 Å². The Morgan fingerprint density at radius 3 is 1.86 bits per heavy atom. The summed E-state index contributed by atoms with van der Waals surface area (Å²) in [6.07, 6.45) is 1.87. The molecule has 2 aromatic heterocycles. The zero-order valence-electron chi connectivity index (χ0n) is 39.6. The van der Waals surface area contributed by atoms with E-state index < -0.39 is 5.41 Å². The predicted octanol–water partition coefficient (Wildman–Crippen LogP) is 16.8. The second-order valence-corrected chi connectivity index (χ2v) is 18.5. The Balaban J connectivity index is 0.00000528. The zero-order chi connectivity index (χ0) is 48.5. The summed E-state index contributed by atoms with van der Waals surface area (Å²) >= 11 is 0. The first-order chi connectivity index (χ1) is 36.1. The Morgan fingerprint density at radius 1 is 0.473 bits per heavy atom. The molecule has 0 bridgehead atoms. The number of fused-ring (bicyclic) bond motifs is 7. The van der Waals surface area contributed by atoms with Crippen molar-refractivity contribution in [2.75, 3.05) is 9.80 Å². The fourth-order valence-electron chi connectivity index (χ4n) is 11.4. The molecule has 0 spiro atoms. The van der Waals surface area contributed by atoms with E-state index >= 15 is 4.39 Å². The van der Waals surface area contributed by atoms with E-state index in [1.54, 1.807) is 12.1 Å². The third kappa shape index (κ3) is 7.20. The summed E-state index contributed by atoms with van der Waals surface area (Å²) in [5, 5.41) is 2.08. The van der Waals surface area contributed by atoms with E-state index in [0.717, 1.165) is 100 Å². The number of rotatable bonds is 9. The van der Waals surface area contributed by atoms with Crippen molar-refractivity contribution in [3.05, 3.63) is 296 Å². The summed E-state index contributed by atoms with van der Waals surface area (Å²) in [5.74, 6) is 1.51. The van der Waals surface area contributed by atoms with Gasteiger partial charge in [-0.1, -0.05) is 175 Å². The fraction of sp³-hybridized carbons (Fsp3) is 0.0149. The molecule has 356 valence electrons. The van der Waals surface area contributed by atoms with Crippen molar-refractivity contribution in [1.29, 1.82) is 0 Å². The monoisotopic (exact) mass is 1130 g/mol. The summed E-state index contributed by atoms with van der Waals surface area (Å²) in [6.45, 7) is 2.16. The second kappa shape index (κ2) is 18.3. The number of pyridine rings is 1. The average molecular weight is 1130 g/mol. The predicted molar refractivity (Wildman–Crippen MR) is 292 cm³/mol. The summed E-state index contributed by atoms with van der Waals surface area (Å²) < 4.78 is 24.5.